The van der Waals surface area contributed by atoms with E-state index in [1.165, 1.54) is 16.7 Å². The zero-order valence-electron chi connectivity index (χ0n) is 15.3. The van der Waals surface area contributed by atoms with Crippen molar-refractivity contribution in [2.45, 2.75) is 51.8 Å². The highest BCUT2D eigenvalue weighted by Gasteiger charge is 2.41. The van der Waals surface area contributed by atoms with Crippen LogP contribution in [0, 0.1) is 13.8 Å². The number of pyridine rings is 1. The average Bonchev–Trinajstić information content (AvgIpc) is 2.90. The molecular formula is C22H24N2O2. The Labute approximate surface area is 154 Å². The molecule has 1 saturated heterocycles. The predicted molar refractivity (Wildman–Crippen MR) is 102 cm³/mol. The van der Waals surface area contributed by atoms with Crippen molar-refractivity contribution >= 4 is 11.7 Å². The van der Waals surface area contributed by atoms with E-state index in [9.17, 15) is 4.79 Å². The first-order chi connectivity index (χ1) is 12.6. The Morgan fingerprint density at radius 1 is 1.23 bits per heavy atom. The first-order valence-corrected chi connectivity index (χ1v) is 9.25. The van der Waals surface area contributed by atoms with Crippen molar-refractivity contribution in [3.05, 3.63) is 71.1 Å². The van der Waals surface area contributed by atoms with Crippen LogP contribution in [0.2, 0.25) is 0 Å². The third kappa shape index (κ3) is 3.24. The summed E-state index contributed by atoms with van der Waals surface area (Å²) in [6, 6.07) is 12.3. The van der Waals surface area contributed by atoms with Gasteiger partial charge in [-0.1, -0.05) is 42.5 Å². The van der Waals surface area contributed by atoms with Gasteiger partial charge in [-0.3, -0.25) is 9.88 Å². The van der Waals surface area contributed by atoms with Crippen LogP contribution in [0.4, 0.5) is 4.79 Å². The van der Waals surface area contributed by atoms with Crippen LogP contribution in [-0.4, -0.2) is 28.1 Å². The second-order valence-electron chi connectivity index (χ2n) is 7.32. The minimum Gasteiger partial charge on any atom is -0.445 e. The molecule has 2 unspecified atom stereocenters. The number of hydrogen-bond acceptors (Lipinski definition) is 3. The number of nitrogens with zero attached hydrogens (tertiary/aromatic N) is 2. The van der Waals surface area contributed by atoms with Crippen molar-refractivity contribution in [1.29, 1.82) is 0 Å². The maximum absolute atomic E-state index is 12.6. The van der Waals surface area contributed by atoms with Crippen molar-refractivity contribution in [3.63, 3.8) is 0 Å². The topological polar surface area (TPSA) is 42.4 Å². The molecule has 2 aliphatic rings. The summed E-state index contributed by atoms with van der Waals surface area (Å²) in [7, 11) is 0. The number of benzene rings is 1. The van der Waals surface area contributed by atoms with Gasteiger partial charge in [0.25, 0.3) is 0 Å². The molecule has 0 radical (unpaired) electrons. The lowest BCUT2D eigenvalue weighted by Gasteiger charge is -2.33. The number of aryl methyl sites for hydroxylation is 2. The molecule has 1 aromatic heterocycles. The maximum atomic E-state index is 12.6. The van der Waals surface area contributed by atoms with Crippen LogP contribution >= 0.6 is 0 Å². The van der Waals surface area contributed by atoms with Gasteiger partial charge in [-0.25, -0.2) is 4.79 Å². The summed E-state index contributed by atoms with van der Waals surface area (Å²) in [5.74, 6) is 0. The van der Waals surface area contributed by atoms with Gasteiger partial charge in [0.05, 0.1) is 11.7 Å². The monoisotopic (exact) mass is 348 g/mol. The number of aromatic nitrogens is 1. The average molecular weight is 348 g/mol. The van der Waals surface area contributed by atoms with Gasteiger partial charge in [-0.15, -0.1) is 0 Å². The molecule has 0 N–H and O–H groups in total. The SMILES string of the molecule is Cc1cnc(C2=CC3CCC(C2)N3C(=O)OCc2ccccc2)c(C)c1. The molecule has 0 saturated carbocycles. The van der Waals surface area contributed by atoms with Gasteiger partial charge in [0.1, 0.15) is 6.61 Å². The Hall–Kier alpha value is -2.62. The van der Waals surface area contributed by atoms with Gasteiger partial charge < -0.3 is 4.74 Å². The third-order valence-corrected chi connectivity index (χ3v) is 5.33. The molecule has 2 atom stereocenters. The number of hydrogen-bond donors (Lipinski definition) is 0. The van der Waals surface area contributed by atoms with Crippen molar-refractivity contribution in [2.24, 2.45) is 0 Å². The molecule has 134 valence electrons. The molecule has 4 nitrogen and oxygen atoms in total. The van der Waals surface area contributed by atoms with E-state index in [2.05, 4.69) is 31.0 Å². The van der Waals surface area contributed by atoms with E-state index in [-0.39, 0.29) is 18.2 Å². The van der Waals surface area contributed by atoms with Crippen LogP contribution in [-0.2, 0) is 11.3 Å². The fourth-order valence-corrected chi connectivity index (χ4v) is 4.14. The Morgan fingerprint density at radius 2 is 2.04 bits per heavy atom. The second-order valence-corrected chi connectivity index (χ2v) is 7.32. The summed E-state index contributed by atoms with van der Waals surface area (Å²) in [6.07, 6.45) is 6.82. The molecule has 26 heavy (non-hydrogen) atoms. The molecule has 2 aromatic rings. The lowest BCUT2D eigenvalue weighted by atomic mass is 9.95. The lowest BCUT2D eigenvalue weighted by Crippen LogP contribution is -2.43. The van der Waals surface area contributed by atoms with Crippen LogP contribution < -0.4 is 0 Å². The van der Waals surface area contributed by atoms with E-state index in [1.54, 1.807) is 0 Å². The molecule has 1 aromatic carbocycles. The van der Waals surface area contributed by atoms with Crippen LogP contribution in [0.25, 0.3) is 5.57 Å². The molecule has 4 rings (SSSR count). The zero-order chi connectivity index (χ0) is 18.1. The number of fused-ring (bicyclic) bond motifs is 2. The molecule has 1 amide bonds. The van der Waals surface area contributed by atoms with Crippen molar-refractivity contribution < 1.29 is 9.53 Å². The summed E-state index contributed by atoms with van der Waals surface area (Å²) in [5.41, 5.74) is 5.74. The Kier molecular flexibility index (Phi) is 4.49. The molecular weight excluding hydrogens is 324 g/mol. The van der Waals surface area contributed by atoms with E-state index in [1.807, 2.05) is 41.4 Å². The normalized spacial score (nSPS) is 21.5. The lowest BCUT2D eigenvalue weighted by molar-refractivity contribution is 0.0832. The fraction of sp³-hybridized carbons (Fsp3) is 0.364. The minimum atomic E-state index is -0.203. The highest BCUT2D eigenvalue weighted by atomic mass is 16.6. The van der Waals surface area contributed by atoms with Gasteiger partial charge in [-0.05, 0) is 55.4 Å². The number of amides is 1. The summed E-state index contributed by atoms with van der Waals surface area (Å²) in [6.45, 7) is 4.50. The number of carbonyl (C=O) groups excluding carboxylic acids is 1. The van der Waals surface area contributed by atoms with E-state index >= 15 is 0 Å². The first kappa shape index (κ1) is 16.8. The van der Waals surface area contributed by atoms with Crippen LogP contribution in [0.1, 0.15) is 41.6 Å². The van der Waals surface area contributed by atoms with Crippen molar-refractivity contribution in [1.82, 2.24) is 9.88 Å². The summed E-state index contributed by atoms with van der Waals surface area (Å²) >= 11 is 0. The van der Waals surface area contributed by atoms with Gasteiger partial charge in [0.2, 0.25) is 0 Å². The molecule has 4 heteroatoms. The van der Waals surface area contributed by atoms with Crippen LogP contribution in [0.3, 0.4) is 0 Å². The molecule has 0 spiro atoms. The van der Waals surface area contributed by atoms with Crippen LogP contribution in [0.5, 0.6) is 0 Å². The van der Waals surface area contributed by atoms with Gasteiger partial charge in [-0.2, -0.15) is 0 Å². The zero-order valence-corrected chi connectivity index (χ0v) is 15.3. The van der Waals surface area contributed by atoms with Crippen molar-refractivity contribution in [2.75, 3.05) is 0 Å². The Morgan fingerprint density at radius 3 is 2.77 bits per heavy atom. The maximum Gasteiger partial charge on any atom is 0.410 e. The van der Waals surface area contributed by atoms with Gasteiger partial charge >= 0.3 is 6.09 Å². The predicted octanol–water partition coefficient (Wildman–Crippen LogP) is 4.66. The Bertz CT molecular complexity index is 844. The number of ether oxygens (including phenoxy) is 1. The molecule has 3 heterocycles. The highest BCUT2D eigenvalue weighted by Crippen LogP contribution is 2.39. The van der Waals surface area contributed by atoms with Gasteiger partial charge in [0, 0.05) is 12.2 Å². The largest absolute Gasteiger partial charge is 0.445 e. The molecule has 0 aliphatic carbocycles. The minimum absolute atomic E-state index is 0.120. The van der Waals surface area contributed by atoms with E-state index in [0.717, 1.165) is 30.5 Å². The van der Waals surface area contributed by atoms with E-state index in [4.69, 9.17) is 4.74 Å². The molecule has 2 bridgehead atoms. The standard InChI is InChI=1S/C22H24N2O2/c1-15-10-16(2)21(23-13-15)18-11-19-8-9-20(12-18)24(19)22(25)26-14-17-6-4-3-5-7-17/h3-7,10-11,13,19-20H,8-9,12,14H2,1-2H3. The Balaban J connectivity index is 1.49. The van der Waals surface area contributed by atoms with Crippen molar-refractivity contribution in [3.8, 4) is 0 Å². The summed E-state index contributed by atoms with van der Waals surface area (Å²) < 4.78 is 5.57. The number of carbonyl (C=O) groups is 1. The fourth-order valence-electron chi connectivity index (χ4n) is 4.14. The van der Waals surface area contributed by atoms with Crippen LogP contribution in [0.15, 0.2) is 48.7 Å². The number of rotatable bonds is 3. The van der Waals surface area contributed by atoms with Gasteiger partial charge in [0.15, 0.2) is 0 Å². The smallest absolute Gasteiger partial charge is 0.410 e. The first-order valence-electron chi connectivity index (χ1n) is 9.25. The summed E-state index contributed by atoms with van der Waals surface area (Å²) in [5, 5.41) is 0. The third-order valence-electron chi connectivity index (χ3n) is 5.33. The second kappa shape index (κ2) is 6.94. The summed E-state index contributed by atoms with van der Waals surface area (Å²) in [4.78, 5) is 19.2. The van der Waals surface area contributed by atoms with E-state index in [0.29, 0.717) is 6.61 Å². The molecule has 2 aliphatic heterocycles. The highest BCUT2D eigenvalue weighted by molar-refractivity contribution is 5.74. The molecule has 1 fully saturated rings. The van der Waals surface area contributed by atoms with E-state index < -0.39 is 0 Å². The quantitative estimate of drug-likeness (QED) is 0.810.